The van der Waals surface area contributed by atoms with Crippen LogP contribution in [0.4, 0.5) is 19.0 Å². The number of alkyl halides is 3. The monoisotopic (exact) mass is 404 g/mol. The van der Waals surface area contributed by atoms with Crippen molar-refractivity contribution in [2.45, 2.75) is 18.6 Å². The number of halogens is 3. The van der Waals surface area contributed by atoms with Crippen molar-refractivity contribution in [3.8, 4) is 0 Å². The number of pyridine rings is 1. The van der Waals surface area contributed by atoms with E-state index >= 15 is 0 Å². The van der Waals surface area contributed by atoms with E-state index in [2.05, 4.69) is 9.17 Å². The summed E-state index contributed by atoms with van der Waals surface area (Å²) >= 11 is 0. The Bertz CT molecular complexity index is 854. The molecule has 1 atom stereocenters. The van der Waals surface area contributed by atoms with E-state index in [0.717, 1.165) is 12.3 Å². The molecule has 25 heavy (non-hydrogen) atoms. The van der Waals surface area contributed by atoms with E-state index in [1.54, 1.807) is 0 Å². The van der Waals surface area contributed by atoms with E-state index in [9.17, 15) is 30.0 Å². The van der Waals surface area contributed by atoms with E-state index in [4.69, 9.17) is 4.55 Å². The molecule has 0 amide bonds. The van der Waals surface area contributed by atoms with Gasteiger partial charge in [0, 0.05) is 12.7 Å². The predicted octanol–water partition coefficient (Wildman–Crippen LogP) is 0.696. The molecule has 0 spiro atoms. The fourth-order valence-corrected chi connectivity index (χ4v) is 3.73. The Morgan fingerprint density at radius 1 is 1.36 bits per heavy atom. The second-order valence-corrected chi connectivity index (χ2v) is 8.67. The first kappa shape index (κ1) is 19.9. The van der Waals surface area contributed by atoms with Gasteiger partial charge in [0.05, 0.1) is 30.2 Å². The maximum Gasteiger partial charge on any atom is 0.417 e. The molecular formula is C12H15F3N2O6S2. The van der Waals surface area contributed by atoms with Gasteiger partial charge in [-0.1, -0.05) is 0 Å². The molecule has 1 N–H and O–H groups in total. The predicted molar refractivity (Wildman–Crippen MR) is 81.3 cm³/mol. The van der Waals surface area contributed by atoms with Crippen molar-refractivity contribution in [1.29, 1.82) is 0 Å². The summed E-state index contributed by atoms with van der Waals surface area (Å²) in [5, 5.41) is 0. The molecule has 2 heterocycles. The first-order valence-corrected chi connectivity index (χ1v) is 10.3. The second-order valence-electron chi connectivity index (χ2n) is 5.53. The van der Waals surface area contributed by atoms with Crippen LogP contribution in [0.1, 0.15) is 11.1 Å². The van der Waals surface area contributed by atoms with Crippen LogP contribution in [0.2, 0.25) is 0 Å². The SMILES string of the molecule is CS(=O)(=O)OCCN1c2ncc(C(F)(F)F)cc2C[C@H]1CS(=O)(=O)O. The molecule has 0 aromatic carbocycles. The molecule has 0 saturated heterocycles. The third-order valence-electron chi connectivity index (χ3n) is 3.47. The van der Waals surface area contributed by atoms with Crippen LogP contribution in [0.3, 0.4) is 0 Å². The van der Waals surface area contributed by atoms with E-state index in [1.807, 2.05) is 0 Å². The minimum atomic E-state index is -4.60. The van der Waals surface area contributed by atoms with Crippen LogP contribution >= 0.6 is 0 Å². The molecule has 0 aliphatic carbocycles. The lowest BCUT2D eigenvalue weighted by molar-refractivity contribution is -0.137. The fraction of sp³-hybridized carbons (Fsp3) is 0.583. The standard InChI is InChI=1S/C12H15F3N2O6S2/c1-24(18,19)23-3-2-17-10(7-25(20,21)22)5-8-4-9(12(13,14)15)6-16-11(8)17/h4,6,10H,2-3,5,7H2,1H3,(H,20,21,22)/t10-/m0/s1. The van der Waals surface area contributed by atoms with E-state index in [1.165, 1.54) is 4.90 Å². The van der Waals surface area contributed by atoms with Crippen LogP contribution in [-0.4, -0.2) is 57.6 Å². The molecule has 0 fully saturated rings. The zero-order valence-corrected chi connectivity index (χ0v) is 14.5. The molecule has 1 aliphatic heterocycles. The second kappa shape index (κ2) is 6.70. The minimum Gasteiger partial charge on any atom is -0.350 e. The van der Waals surface area contributed by atoms with Gasteiger partial charge in [-0.15, -0.1) is 0 Å². The molecule has 8 nitrogen and oxygen atoms in total. The van der Waals surface area contributed by atoms with Gasteiger partial charge in [-0.25, -0.2) is 4.98 Å². The van der Waals surface area contributed by atoms with E-state index in [0.29, 0.717) is 6.20 Å². The maximum absolute atomic E-state index is 12.8. The van der Waals surface area contributed by atoms with Crippen LogP contribution in [0, 0.1) is 0 Å². The van der Waals surface area contributed by atoms with Gasteiger partial charge >= 0.3 is 6.18 Å². The molecule has 0 saturated carbocycles. The van der Waals surface area contributed by atoms with Crippen molar-refractivity contribution in [2.24, 2.45) is 0 Å². The van der Waals surface area contributed by atoms with Crippen LogP contribution in [0.5, 0.6) is 0 Å². The van der Waals surface area contributed by atoms with Crippen molar-refractivity contribution >= 4 is 26.1 Å². The Hall–Kier alpha value is -1.44. The van der Waals surface area contributed by atoms with Crippen molar-refractivity contribution in [3.63, 3.8) is 0 Å². The van der Waals surface area contributed by atoms with Crippen LogP contribution < -0.4 is 4.90 Å². The summed E-state index contributed by atoms with van der Waals surface area (Å²) in [7, 11) is -8.14. The Balaban J connectivity index is 2.29. The lowest BCUT2D eigenvalue weighted by Crippen LogP contribution is -2.40. The average Bonchev–Trinajstić information content (AvgIpc) is 2.71. The summed E-state index contributed by atoms with van der Waals surface area (Å²) in [6, 6.07) is -0.0272. The number of nitrogens with zero attached hydrogens (tertiary/aromatic N) is 2. The number of aromatic nitrogens is 1. The lowest BCUT2D eigenvalue weighted by Gasteiger charge is -2.25. The first-order valence-electron chi connectivity index (χ1n) is 6.88. The Kier molecular flexibility index (Phi) is 5.33. The number of anilines is 1. The molecule has 142 valence electrons. The maximum atomic E-state index is 12.8. The van der Waals surface area contributed by atoms with Crippen LogP contribution in [0.15, 0.2) is 12.3 Å². The Morgan fingerprint density at radius 3 is 2.52 bits per heavy atom. The molecule has 0 bridgehead atoms. The highest BCUT2D eigenvalue weighted by Gasteiger charge is 2.37. The number of rotatable bonds is 6. The average molecular weight is 404 g/mol. The summed E-state index contributed by atoms with van der Waals surface area (Å²) in [5.41, 5.74) is -0.825. The van der Waals surface area contributed by atoms with Gasteiger partial charge in [0.25, 0.3) is 20.2 Å². The lowest BCUT2D eigenvalue weighted by atomic mass is 10.1. The summed E-state index contributed by atoms with van der Waals surface area (Å²) in [4.78, 5) is 5.04. The van der Waals surface area contributed by atoms with Gasteiger partial charge < -0.3 is 4.90 Å². The number of hydrogen-bond acceptors (Lipinski definition) is 7. The summed E-state index contributed by atoms with van der Waals surface area (Å²) in [6.07, 6.45) is -3.26. The van der Waals surface area contributed by atoms with Crippen molar-refractivity contribution in [3.05, 3.63) is 23.4 Å². The van der Waals surface area contributed by atoms with Gasteiger partial charge in [0.1, 0.15) is 5.82 Å². The zero-order valence-electron chi connectivity index (χ0n) is 12.9. The highest BCUT2D eigenvalue weighted by atomic mass is 32.2. The quantitative estimate of drug-likeness (QED) is 0.544. The Morgan fingerprint density at radius 2 is 2.00 bits per heavy atom. The Labute approximate surface area is 142 Å². The van der Waals surface area contributed by atoms with Gasteiger partial charge in [0.2, 0.25) is 0 Å². The normalized spacial score (nSPS) is 18.4. The van der Waals surface area contributed by atoms with Crippen molar-refractivity contribution in [1.82, 2.24) is 4.98 Å². The van der Waals surface area contributed by atoms with Crippen LogP contribution in [0.25, 0.3) is 0 Å². The fourth-order valence-electron chi connectivity index (χ4n) is 2.57. The summed E-state index contributed by atoms with van der Waals surface area (Å²) < 4.78 is 96.2. The zero-order chi connectivity index (χ0) is 19.0. The van der Waals surface area contributed by atoms with Gasteiger partial charge in [0.15, 0.2) is 0 Å². The summed E-state index contributed by atoms with van der Waals surface area (Å²) in [6.45, 7) is -0.471. The molecular weight excluding hydrogens is 389 g/mol. The van der Waals surface area contributed by atoms with Crippen LogP contribution in [-0.2, 0) is 37.0 Å². The third kappa shape index (κ3) is 5.52. The summed E-state index contributed by atoms with van der Waals surface area (Å²) in [5.74, 6) is -0.636. The number of hydrogen-bond donors (Lipinski definition) is 1. The largest absolute Gasteiger partial charge is 0.417 e. The van der Waals surface area contributed by atoms with Gasteiger partial charge in [-0.2, -0.15) is 30.0 Å². The first-order chi connectivity index (χ1) is 11.3. The third-order valence-corrected chi connectivity index (χ3v) is 4.87. The van der Waals surface area contributed by atoms with Crippen molar-refractivity contribution < 1.29 is 38.7 Å². The van der Waals surface area contributed by atoms with E-state index < -0.39 is 43.8 Å². The molecule has 1 aliphatic rings. The van der Waals surface area contributed by atoms with Gasteiger partial charge in [-0.3, -0.25) is 8.74 Å². The highest BCUT2D eigenvalue weighted by Crippen LogP contribution is 2.36. The van der Waals surface area contributed by atoms with Crippen molar-refractivity contribution in [2.75, 3.05) is 30.1 Å². The molecule has 13 heteroatoms. The molecule has 1 aromatic rings. The molecule has 0 radical (unpaired) electrons. The van der Waals surface area contributed by atoms with E-state index in [-0.39, 0.29) is 31.0 Å². The van der Waals surface area contributed by atoms with Gasteiger partial charge in [-0.05, 0) is 18.1 Å². The number of fused-ring (bicyclic) bond motifs is 1. The molecule has 0 unspecified atom stereocenters. The highest BCUT2D eigenvalue weighted by molar-refractivity contribution is 7.86. The smallest absolute Gasteiger partial charge is 0.350 e. The molecule has 1 aromatic heterocycles. The molecule has 2 rings (SSSR count). The topological polar surface area (TPSA) is 114 Å². The minimum absolute atomic E-state index is 0.0923.